The van der Waals surface area contributed by atoms with Crippen molar-refractivity contribution in [3.8, 4) is 0 Å². The third kappa shape index (κ3) is 3.74. The van der Waals surface area contributed by atoms with E-state index in [1.165, 1.54) is 0 Å². The van der Waals surface area contributed by atoms with Crippen LogP contribution in [-0.4, -0.2) is 52.8 Å². The van der Waals surface area contributed by atoms with Crippen LogP contribution in [0.2, 0.25) is 0 Å². The van der Waals surface area contributed by atoms with Gasteiger partial charge in [-0.2, -0.15) is 13.2 Å². The quantitative estimate of drug-likeness (QED) is 0.873. The first-order valence-electron chi connectivity index (χ1n) is 6.96. The Morgan fingerprint density at radius 1 is 1.36 bits per heavy atom. The van der Waals surface area contributed by atoms with Gasteiger partial charge in [-0.3, -0.25) is 9.69 Å². The van der Waals surface area contributed by atoms with Gasteiger partial charge in [0.05, 0.1) is 13.2 Å². The number of nitrogens with one attached hydrogen (secondary N) is 1. The molecule has 1 aromatic rings. The lowest BCUT2D eigenvalue weighted by Gasteiger charge is -2.31. The molecule has 1 unspecified atom stereocenters. The summed E-state index contributed by atoms with van der Waals surface area (Å²) in [5.74, 6) is -1.68. The lowest BCUT2D eigenvalue weighted by atomic mass is 10.2. The molecule has 1 amide bonds. The van der Waals surface area contributed by atoms with E-state index in [4.69, 9.17) is 4.74 Å². The van der Waals surface area contributed by atoms with Crippen molar-refractivity contribution in [2.45, 2.75) is 37.7 Å². The Hall–Kier alpha value is -1.68. The monoisotopic (exact) mass is 320 g/mol. The molecular formula is C12H15F3N4O3. The van der Waals surface area contributed by atoms with E-state index in [2.05, 4.69) is 19.9 Å². The van der Waals surface area contributed by atoms with Crippen molar-refractivity contribution >= 4 is 5.91 Å². The fourth-order valence-corrected chi connectivity index (χ4v) is 2.15. The minimum atomic E-state index is -4.65. The number of carbonyl (C=O) groups is 1. The summed E-state index contributed by atoms with van der Waals surface area (Å²) in [4.78, 5) is 13.7. The topological polar surface area (TPSA) is 80.5 Å². The highest BCUT2D eigenvalue weighted by molar-refractivity contribution is 5.81. The molecule has 0 radical (unpaired) electrons. The lowest BCUT2D eigenvalue weighted by molar-refractivity contribution is -0.157. The van der Waals surface area contributed by atoms with E-state index < -0.39 is 18.2 Å². The molecule has 3 rings (SSSR count). The van der Waals surface area contributed by atoms with Gasteiger partial charge in [0, 0.05) is 19.1 Å². The molecule has 1 N–H and O–H groups in total. The van der Waals surface area contributed by atoms with Crippen molar-refractivity contribution in [1.82, 2.24) is 20.4 Å². The number of hydrogen-bond donors (Lipinski definition) is 1. The van der Waals surface area contributed by atoms with Gasteiger partial charge < -0.3 is 14.5 Å². The zero-order chi connectivity index (χ0) is 15.7. The average molecular weight is 320 g/mol. The SMILES string of the molecule is O=C(NC1CC1)C1CN(Cc2nnc(C(F)(F)F)o2)CCO1. The highest BCUT2D eigenvalue weighted by Crippen LogP contribution is 2.28. The molecule has 1 saturated carbocycles. The Balaban J connectivity index is 1.55. The number of alkyl halides is 3. The number of nitrogens with zero attached hydrogens (tertiary/aromatic N) is 3. The molecule has 2 heterocycles. The van der Waals surface area contributed by atoms with Crippen LogP contribution in [0.4, 0.5) is 13.2 Å². The Bertz CT molecular complexity index is 544. The number of rotatable bonds is 4. The van der Waals surface area contributed by atoms with Crippen LogP contribution >= 0.6 is 0 Å². The largest absolute Gasteiger partial charge is 0.470 e. The molecule has 1 saturated heterocycles. The van der Waals surface area contributed by atoms with E-state index in [9.17, 15) is 18.0 Å². The number of hydrogen-bond acceptors (Lipinski definition) is 6. The number of morpholine rings is 1. The average Bonchev–Trinajstić information content (AvgIpc) is 3.13. The molecule has 1 aromatic heterocycles. The van der Waals surface area contributed by atoms with E-state index in [1.807, 2.05) is 0 Å². The second-order valence-corrected chi connectivity index (χ2v) is 5.38. The van der Waals surface area contributed by atoms with Crippen molar-refractivity contribution in [2.75, 3.05) is 19.7 Å². The third-order valence-corrected chi connectivity index (χ3v) is 3.43. The van der Waals surface area contributed by atoms with Gasteiger partial charge in [-0.1, -0.05) is 0 Å². The van der Waals surface area contributed by atoms with Gasteiger partial charge in [0.1, 0.15) is 6.10 Å². The second-order valence-electron chi connectivity index (χ2n) is 5.38. The molecule has 2 fully saturated rings. The molecule has 0 bridgehead atoms. The van der Waals surface area contributed by atoms with E-state index in [0.29, 0.717) is 13.2 Å². The minimum absolute atomic E-state index is 0.0552. The molecule has 122 valence electrons. The molecule has 0 aromatic carbocycles. The number of ether oxygens (including phenoxy) is 1. The number of aromatic nitrogens is 2. The maximum Gasteiger partial charge on any atom is 0.470 e. The van der Waals surface area contributed by atoms with Crippen molar-refractivity contribution < 1.29 is 27.1 Å². The Morgan fingerprint density at radius 2 is 2.14 bits per heavy atom. The molecular weight excluding hydrogens is 305 g/mol. The van der Waals surface area contributed by atoms with Crippen molar-refractivity contribution in [3.63, 3.8) is 0 Å². The highest BCUT2D eigenvalue weighted by atomic mass is 19.4. The first-order valence-corrected chi connectivity index (χ1v) is 6.96. The smallest absolute Gasteiger partial charge is 0.416 e. The van der Waals surface area contributed by atoms with Crippen LogP contribution in [0, 0.1) is 0 Å². The first kappa shape index (κ1) is 15.2. The summed E-state index contributed by atoms with van der Waals surface area (Å²) in [6.07, 6.45) is -3.32. The number of halogens is 3. The Labute approximate surface area is 123 Å². The van der Waals surface area contributed by atoms with Crippen LogP contribution in [0.5, 0.6) is 0 Å². The number of carbonyl (C=O) groups excluding carboxylic acids is 1. The molecule has 1 aliphatic carbocycles. The van der Waals surface area contributed by atoms with Crippen LogP contribution in [0.15, 0.2) is 4.42 Å². The summed E-state index contributed by atoms with van der Waals surface area (Å²) in [6.45, 7) is 1.14. The van der Waals surface area contributed by atoms with E-state index >= 15 is 0 Å². The fourth-order valence-electron chi connectivity index (χ4n) is 2.15. The first-order chi connectivity index (χ1) is 10.4. The molecule has 7 nitrogen and oxygen atoms in total. The lowest BCUT2D eigenvalue weighted by Crippen LogP contribution is -2.49. The van der Waals surface area contributed by atoms with E-state index in [0.717, 1.165) is 12.8 Å². The van der Waals surface area contributed by atoms with Crippen molar-refractivity contribution in [3.05, 3.63) is 11.8 Å². The molecule has 22 heavy (non-hydrogen) atoms. The maximum atomic E-state index is 12.4. The molecule has 0 spiro atoms. The summed E-state index contributed by atoms with van der Waals surface area (Å²) in [7, 11) is 0. The van der Waals surface area contributed by atoms with Gasteiger partial charge in [0.25, 0.3) is 5.91 Å². The zero-order valence-corrected chi connectivity index (χ0v) is 11.6. The molecule has 1 aliphatic heterocycles. The van der Waals surface area contributed by atoms with Crippen LogP contribution < -0.4 is 5.32 Å². The zero-order valence-electron chi connectivity index (χ0n) is 11.6. The van der Waals surface area contributed by atoms with Gasteiger partial charge in [0.15, 0.2) is 0 Å². The maximum absolute atomic E-state index is 12.4. The summed E-state index contributed by atoms with van der Waals surface area (Å²) < 4.78 is 47.2. The number of amides is 1. The van der Waals surface area contributed by atoms with Gasteiger partial charge in [-0.25, -0.2) is 0 Å². The van der Waals surface area contributed by atoms with Gasteiger partial charge in [0.2, 0.25) is 5.89 Å². The molecule has 2 aliphatic rings. The summed E-state index contributed by atoms with van der Waals surface area (Å²) >= 11 is 0. The van der Waals surface area contributed by atoms with Gasteiger partial charge >= 0.3 is 12.1 Å². The predicted octanol–water partition coefficient (Wildman–Crippen LogP) is 0.568. The van der Waals surface area contributed by atoms with Crippen LogP contribution in [0.25, 0.3) is 0 Å². The highest BCUT2D eigenvalue weighted by Gasteiger charge is 2.38. The Kier molecular flexibility index (Phi) is 4.04. The van der Waals surface area contributed by atoms with Gasteiger partial charge in [-0.15, -0.1) is 10.2 Å². The van der Waals surface area contributed by atoms with Crippen molar-refractivity contribution in [2.24, 2.45) is 0 Å². The van der Waals surface area contributed by atoms with Gasteiger partial charge in [-0.05, 0) is 12.8 Å². The Morgan fingerprint density at radius 3 is 2.77 bits per heavy atom. The normalized spacial score (nSPS) is 23.5. The van der Waals surface area contributed by atoms with E-state index in [1.54, 1.807) is 4.90 Å². The van der Waals surface area contributed by atoms with Crippen LogP contribution in [0.3, 0.4) is 0 Å². The third-order valence-electron chi connectivity index (χ3n) is 3.43. The summed E-state index contributed by atoms with van der Waals surface area (Å²) in [5, 5.41) is 9.20. The molecule has 1 atom stereocenters. The standard InChI is InChI=1S/C12H15F3N4O3/c13-12(14,15)11-18-17-9(22-11)6-19-3-4-21-8(5-19)10(20)16-7-1-2-7/h7-8H,1-6H2,(H,16,20). The summed E-state index contributed by atoms with van der Waals surface area (Å²) in [5.41, 5.74) is 0. The molecule has 10 heteroatoms. The van der Waals surface area contributed by atoms with Crippen LogP contribution in [0.1, 0.15) is 24.6 Å². The summed E-state index contributed by atoms with van der Waals surface area (Å²) in [6, 6.07) is 0.233. The van der Waals surface area contributed by atoms with E-state index in [-0.39, 0.29) is 30.9 Å². The predicted molar refractivity (Wildman–Crippen MR) is 65.5 cm³/mol. The second kappa shape index (κ2) is 5.84. The van der Waals surface area contributed by atoms with Crippen molar-refractivity contribution in [1.29, 1.82) is 0 Å². The van der Waals surface area contributed by atoms with Crippen LogP contribution in [-0.2, 0) is 22.3 Å². The fraction of sp³-hybridized carbons (Fsp3) is 0.750. The minimum Gasteiger partial charge on any atom is -0.416 e.